The maximum atomic E-state index is 13.5. The Kier molecular flexibility index (Phi) is 5.11. The van der Waals surface area contributed by atoms with E-state index in [0.717, 1.165) is 24.4 Å². The van der Waals surface area contributed by atoms with E-state index < -0.39 is 0 Å². The molecule has 0 radical (unpaired) electrons. The molecule has 0 amide bonds. The van der Waals surface area contributed by atoms with Crippen LogP contribution in [-0.4, -0.2) is 24.0 Å². The van der Waals surface area contributed by atoms with E-state index in [1.807, 2.05) is 6.07 Å². The summed E-state index contributed by atoms with van der Waals surface area (Å²) in [4.78, 5) is 2.32. The molecule has 1 heterocycles. The van der Waals surface area contributed by atoms with E-state index in [2.05, 4.69) is 11.8 Å². The highest BCUT2D eigenvalue weighted by atomic mass is 19.1. The molecule has 3 nitrogen and oxygen atoms in total. The largest absolute Gasteiger partial charge is 0.329 e. The third-order valence-corrected chi connectivity index (χ3v) is 4.27. The summed E-state index contributed by atoms with van der Waals surface area (Å²) < 4.78 is 13.5. The predicted octanol–water partition coefficient (Wildman–Crippen LogP) is 2.65. The summed E-state index contributed by atoms with van der Waals surface area (Å²) in [6.07, 6.45) is 3.49. The summed E-state index contributed by atoms with van der Waals surface area (Å²) >= 11 is 0. The van der Waals surface area contributed by atoms with Gasteiger partial charge in [0.2, 0.25) is 0 Å². The zero-order chi connectivity index (χ0) is 14.5. The quantitative estimate of drug-likeness (QED) is 0.919. The van der Waals surface area contributed by atoms with Crippen LogP contribution in [0.1, 0.15) is 37.3 Å². The van der Waals surface area contributed by atoms with E-state index in [-0.39, 0.29) is 5.82 Å². The van der Waals surface area contributed by atoms with Gasteiger partial charge in [0.25, 0.3) is 0 Å². The van der Waals surface area contributed by atoms with Crippen molar-refractivity contribution >= 4 is 0 Å². The van der Waals surface area contributed by atoms with E-state index in [1.165, 1.54) is 25.0 Å². The van der Waals surface area contributed by atoms with E-state index in [1.54, 1.807) is 6.07 Å². The lowest BCUT2D eigenvalue weighted by Gasteiger charge is -2.39. The molecule has 1 saturated heterocycles. The first-order valence-electron chi connectivity index (χ1n) is 7.30. The second-order valence-corrected chi connectivity index (χ2v) is 5.62. The average molecular weight is 275 g/mol. The van der Waals surface area contributed by atoms with Crippen molar-refractivity contribution < 1.29 is 4.39 Å². The van der Waals surface area contributed by atoms with Crippen LogP contribution in [-0.2, 0) is 6.54 Å². The van der Waals surface area contributed by atoms with Crippen molar-refractivity contribution in [1.29, 1.82) is 5.26 Å². The molecule has 0 spiro atoms. The van der Waals surface area contributed by atoms with Crippen LogP contribution < -0.4 is 5.73 Å². The molecule has 1 aliphatic rings. The smallest absolute Gasteiger partial charge is 0.124 e. The molecule has 108 valence electrons. The maximum absolute atomic E-state index is 13.5. The second-order valence-electron chi connectivity index (χ2n) is 5.62. The van der Waals surface area contributed by atoms with E-state index in [9.17, 15) is 4.39 Å². The molecule has 1 aromatic rings. The molecule has 0 aliphatic carbocycles. The van der Waals surface area contributed by atoms with Gasteiger partial charge in [0.15, 0.2) is 0 Å². The third kappa shape index (κ3) is 3.56. The zero-order valence-corrected chi connectivity index (χ0v) is 12.0. The molecule has 0 aromatic heterocycles. The number of piperidine rings is 1. The Morgan fingerprint density at radius 2 is 2.25 bits per heavy atom. The summed E-state index contributed by atoms with van der Waals surface area (Å²) in [6, 6.07) is 6.92. The maximum Gasteiger partial charge on any atom is 0.124 e. The minimum absolute atomic E-state index is 0.341. The van der Waals surface area contributed by atoms with Gasteiger partial charge >= 0.3 is 0 Å². The Morgan fingerprint density at radius 3 is 2.90 bits per heavy atom. The van der Waals surface area contributed by atoms with Gasteiger partial charge in [0.1, 0.15) is 5.82 Å². The van der Waals surface area contributed by atoms with Crippen molar-refractivity contribution in [1.82, 2.24) is 4.90 Å². The fourth-order valence-electron chi connectivity index (χ4n) is 3.05. The molecule has 2 unspecified atom stereocenters. The van der Waals surface area contributed by atoms with Gasteiger partial charge in [-0.2, -0.15) is 5.26 Å². The highest BCUT2D eigenvalue weighted by molar-refractivity contribution is 5.33. The Morgan fingerprint density at radius 1 is 1.45 bits per heavy atom. The summed E-state index contributed by atoms with van der Waals surface area (Å²) in [6.45, 7) is 4.53. The molecule has 1 fully saturated rings. The molecule has 0 saturated carbocycles. The summed E-state index contributed by atoms with van der Waals surface area (Å²) in [7, 11) is 0. The number of hydrogen-bond acceptors (Lipinski definition) is 3. The third-order valence-electron chi connectivity index (χ3n) is 4.27. The van der Waals surface area contributed by atoms with E-state index in [4.69, 9.17) is 11.0 Å². The van der Waals surface area contributed by atoms with Gasteiger partial charge in [0.05, 0.1) is 11.6 Å². The molecule has 20 heavy (non-hydrogen) atoms. The van der Waals surface area contributed by atoms with Gasteiger partial charge in [-0.15, -0.1) is 0 Å². The van der Waals surface area contributed by atoms with Crippen LogP contribution >= 0.6 is 0 Å². The lowest BCUT2D eigenvalue weighted by atomic mass is 9.88. The number of nitrogens with two attached hydrogens (primary N) is 1. The molecule has 2 N–H and O–H groups in total. The van der Waals surface area contributed by atoms with E-state index in [0.29, 0.717) is 24.7 Å². The van der Waals surface area contributed by atoms with Crippen molar-refractivity contribution in [2.24, 2.45) is 11.7 Å². The Hall–Kier alpha value is -1.44. The van der Waals surface area contributed by atoms with Crippen LogP contribution in [0.5, 0.6) is 0 Å². The number of rotatable bonds is 4. The van der Waals surface area contributed by atoms with Crippen LogP contribution in [0.4, 0.5) is 4.39 Å². The topological polar surface area (TPSA) is 53.0 Å². The molecule has 4 heteroatoms. The molecule has 0 bridgehead atoms. The molecule has 1 aromatic carbocycles. The lowest BCUT2D eigenvalue weighted by Crippen LogP contribution is -2.46. The minimum atomic E-state index is -0.341. The molecular formula is C16H22FN3. The number of benzene rings is 1. The summed E-state index contributed by atoms with van der Waals surface area (Å²) in [5, 5.41) is 8.91. The van der Waals surface area contributed by atoms with Crippen LogP contribution in [0.3, 0.4) is 0 Å². The number of nitriles is 1. The Labute approximate surface area is 120 Å². The SMILES string of the molecule is CCC1CCN(Cc2cc(F)cc(C#N)c2)C(CN)C1. The molecule has 2 rings (SSSR count). The molecular weight excluding hydrogens is 253 g/mol. The van der Waals surface area contributed by atoms with Crippen molar-refractivity contribution in [3.05, 3.63) is 35.1 Å². The first kappa shape index (κ1) is 15.0. The van der Waals surface area contributed by atoms with Gasteiger partial charge in [-0.05, 0) is 49.1 Å². The number of likely N-dealkylation sites (tertiary alicyclic amines) is 1. The van der Waals surface area contributed by atoms with Crippen LogP contribution in [0.25, 0.3) is 0 Å². The van der Waals surface area contributed by atoms with Crippen LogP contribution in [0.15, 0.2) is 18.2 Å². The first-order valence-corrected chi connectivity index (χ1v) is 7.30. The van der Waals surface area contributed by atoms with Crippen molar-refractivity contribution in [3.8, 4) is 6.07 Å². The van der Waals surface area contributed by atoms with Gasteiger partial charge < -0.3 is 5.73 Å². The Balaban J connectivity index is 2.09. The first-order chi connectivity index (χ1) is 9.66. The lowest BCUT2D eigenvalue weighted by molar-refractivity contribution is 0.107. The normalized spacial score (nSPS) is 23.5. The number of hydrogen-bond donors (Lipinski definition) is 1. The van der Waals surface area contributed by atoms with Crippen LogP contribution in [0, 0.1) is 23.1 Å². The summed E-state index contributed by atoms with van der Waals surface area (Å²) in [5.41, 5.74) is 7.12. The number of halogens is 1. The van der Waals surface area contributed by atoms with Gasteiger partial charge in [0, 0.05) is 19.1 Å². The standard InChI is InChI=1S/C16H22FN3/c1-2-12-3-4-20(16(8-12)10-19)11-14-5-13(9-18)6-15(17)7-14/h5-7,12,16H,2-4,8,10-11,19H2,1H3. The highest BCUT2D eigenvalue weighted by Crippen LogP contribution is 2.26. The van der Waals surface area contributed by atoms with Crippen molar-refractivity contribution in [3.63, 3.8) is 0 Å². The van der Waals surface area contributed by atoms with Crippen molar-refractivity contribution in [2.45, 2.75) is 38.8 Å². The monoisotopic (exact) mass is 275 g/mol. The molecule has 1 aliphatic heterocycles. The van der Waals surface area contributed by atoms with E-state index >= 15 is 0 Å². The van der Waals surface area contributed by atoms with Crippen molar-refractivity contribution in [2.75, 3.05) is 13.1 Å². The second kappa shape index (κ2) is 6.83. The minimum Gasteiger partial charge on any atom is -0.329 e. The number of nitrogens with zero attached hydrogens (tertiary/aromatic N) is 2. The predicted molar refractivity (Wildman–Crippen MR) is 77.4 cm³/mol. The fraction of sp³-hybridized carbons (Fsp3) is 0.562. The van der Waals surface area contributed by atoms with Gasteiger partial charge in [-0.1, -0.05) is 13.3 Å². The summed E-state index contributed by atoms with van der Waals surface area (Å²) in [5.74, 6) is 0.411. The molecule has 2 atom stereocenters. The zero-order valence-electron chi connectivity index (χ0n) is 12.0. The highest BCUT2D eigenvalue weighted by Gasteiger charge is 2.26. The Bertz CT molecular complexity index is 495. The van der Waals surface area contributed by atoms with Gasteiger partial charge in [-0.3, -0.25) is 4.90 Å². The van der Waals surface area contributed by atoms with Crippen LogP contribution in [0.2, 0.25) is 0 Å². The van der Waals surface area contributed by atoms with Gasteiger partial charge in [-0.25, -0.2) is 4.39 Å². The fourth-order valence-corrected chi connectivity index (χ4v) is 3.05. The average Bonchev–Trinajstić information content (AvgIpc) is 2.47.